The van der Waals surface area contributed by atoms with E-state index in [-0.39, 0.29) is 5.97 Å². The molecule has 0 heterocycles. The number of rotatable bonds is 10. The lowest BCUT2D eigenvalue weighted by atomic mass is 10.1. The molecule has 0 saturated carbocycles. The molecule has 0 spiro atoms. The van der Waals surface area contributed by atoms with Gasteiger partial charge in [0.1, 0.15) is 0 Å². The predicted molar refractivity (Wildman–Crippen MR) is 79.8 cm³/mol. The number of hydrogen-bond donors (Lipinski definition) is 0. The zero-order valence-electron chi connectivity index (χ0n) is 13.1. The summed E-state index contributed by atoms with van der Waals surface area (Å²) in [6, 6.07) is 0. The second kappa shape index (κ2) is 18.8. The molecule has 0 atom stereocenters. The minimum atomic E-state index is -0.0472. The highest BCUT2D eigenvalue weighted by Gasteiger charge is 1.99. The lowest BCUT2D eigenvalue weighted by Gasteiger charge is -2.00. The summed E-state index contributed by atoms with van der Waals surface area (Å²) in [6.07, 6.45) is 12.1. The number of esters is 1. The van der Waals surface area contributed by atoms with E-state index in [1.54, 1.807) is 0 Å². The highest BCUT2D eigenvalue weighted by atomic mass is 16.5. The molecule has 0 bridgehead atoms. The molecule has 0 amide bonds. The van der Waals surface area contributed by atoms with Crippen LogP contribution in [-0.4, -0.2) is 12.6 Å². The minimum Gasteiger partial charge on any atom is -0.466 e. The molecule has 0 unspecified atom stereocenters. The van der Waals surface area contributed by atoms with Crippen molar-refractivity contribution in [1.82, 2.24) is 0 Å². The summed E-state index contributed by atoms with van der Waals surface area (Å²) in [5.74, 6) is -0.0472. The van der Waals surface area contributed by atoms with Crippen LogP contribution in [0.3, 0.4) is 0 Å². The number of hydrogen-bond acceptors (Lipinski definition) is 2. The summed E-state index contributed by atoms with van der Waals surface area (Å²) >= 11 is 0. The van der Waals surface area contributed by atoms with Crippen LogP contribution in [0.4, 0.5) is 0 Å². The summed E-state index contributed by atoms with van der Waals surface area (Å²) in [5.41, 5.74) is 0. The Labute approximate surface area is 114 Å². The van der Waals surface area contributed by atoms with Gasteiger partial charge in [0.25, 0.3) is 0 Å². The second-order valence-electron chi connectivity index (χ2n) is 4.68. The highest BCUT2D eigenvalue weighted by Crippen LogP contribution is 2.05. The fraction of sp³-hybridized carbons (Fsp3) is 0.938. The zero-order chi connectivity index (χ0) is 14.1. The van der Waals surface area contributed by atoms with Crippen LogP contribution >= 0.6 is 0 Å². The Kier molecular flexibility index (Phi) is 20.7. The van der Waals surface area contributed by atoms with Gasteiger partial charge >= 0.3 is 5.97 Å². The topological polar surface area (TPSA) is 26.3 Å². The maximum atomic E-state index is 10.9. The Bertz CT molecular complexity index is 151. The third kappa shape index (κ3) is 20.8. The lowest BCUT2D eigenvalue weighted by molar-refractivity contribution is -0.143. The number of carbonyl (C=O) groups excluding carboxylic acids is 1. The van der Waals surface area contributed by atoms with E-state index in [9.17, 15) is 4.79 Å². The average molecular weight is 258 g/mol. The van der Waals surface area contributed by atoms with Gasteiger partial charge in [-0.3, -0.25) is 4.79 Å². The molecule has 0 fully saturated rings. The van der Waals surface area contributed by atoms with Crippen LogP contribution in [0, 0.1) is 0 Å². The molecule has 0 aliphatic heterocycles. The van der Waals surface area contributed by atoms with E-state index in [1.165, 1.54) is 44.9 Å². The van der Waals surface area contributed by atoms with E-state index >= 15 is 0 Å². The first-order valence-corrected chi connectivity index (χ1v) is 7.88. The molecule has 0 radical (unpaired) electrons. The smallest absolute Gasteiger partial charge is 0.305 e. The maximum absolute atomic E-state index is 10.9. The summed E-state index contributed by atoms with van der Waals surface area (Å²) < 4.78 is 4.81. The van der Waals surface area contributed by atoms with Crippen molar-refractivity contribution in [3.63, 3.8) is 0 Å². The van der Waals surface area contributed by atoms with Gasteiger partial charge in [0.05, 0.1) is 6.61 Å². The Balaban J connectivity index is 0. The molecule has 110 valence electrons. The second-order valence-corrected chi connectivity index (χ2v) is 4.68. The number of unbranched alkanes of at least 4 members (excludes halogenated alkanes) is 7. The van der Waals surface area contributed by atoms with Crippen molar-refractivity contribution >= 4 is 5.97 Å². The number of ether oxygens (including phenoxy) is 1. The predicted octanol–water partition coefficient (Wildman–Crippen LogP) is 5.50. The molecule has 0 rings (SSSR count). The first kappa shape index (κ1) is 19.8. The molecule has 2 heteroatoms. The third-order valence-electron chi connectivity index (χ3n) is 2.75. The Hall–Kier alpha value is -0.530. The van der Waals surface area contributed by atoms with Crippen LogP contribution in [0.25, 0.3) is 0 Å². The molecule has 0 aromatic carbocycles. The van der Waals surface area contributed by atoms with Crippen molar-refractivity contribution in [3.05, 3.63) is 0 Å². The summed E-state index contributed by atoms with van der Waals surface area (Å²) in [5, 5.41) is 0. The Morgan fingerprint density at radius 1 is 0.722 bits per heavy atom. The molecule has 0 N–H and O–H groups in total. The van der Waals surface area contributed by atoms with Gasteiger partial charge in [-0.25, -0.2) is 0 Å². The van der Waals surface area contributed by atoms with Crippen LogP contribution in [0.1, 0.15) is 91.9 Å². The van der Waals surface area contributed by atoms with Gasteiger partial charge in [-0.15, -0.1) is 0 Å². The Morgan fingerprint density at radius 2 is 1.17 bits per heavy atom. The van der Waals surface area contributed by atoms with Crippen LogP contribution in [0.15, 0.2) is 0 Å². The summed E-state index contributed by atoms with van der Waals surface area (Å²) in [7, 11) is 0. The fourth-order valence-electron chi connectivity index (χ4n) is 1.61. The average Bonchev–Trinajstić information content (AvgIpc) is 2.37. The molecule has 2 nitrogen and oxygen atoms in total. The van der Waals surface area contributed by atoms with Gasteiger partial charge in [-0.2, -0.15) is 0 Å². The van der Waals surface area contributed by atoms with Crippen molar-refractivity contribution in [3.8, 4) is 0 Å². The van der Waals surface area contributed by atoms with E-state index in [0.717, 1.165) is 12.8 Å². The van der Waals surface area contributed by atoms with Crippen molar-refractivity contribution in [1.29, 1.82) is 0 Å². The van der Waals surface area contributed by atoms with E-state index in [1.807, 2.05) is 6.92 Å². The van der Waals surface area contributed by atoms with E-state index in [0.29, 0.717) is 13.0 Å². The first-order chi connectivity index (χ1) is 8.72. The maximum Gasteiger partial charge on any atom is 0.305 e. The molecule has 0 aliphatic rings. The van der Waals surface area contributed by atoms with Gasteiger partial charge in [0, 0.05) is 6.42 Å². The monoisotopic (exact) mass is 258 g/mol. The van der Waals surface area contributed by atoms with Gasteiger partial charge in [-0.1, -0.05) is 72.1 Å². The molecule has 0 saturated heterocycles. The summed E-state index contributed by atoms with van der Waals surface area (Å²) in [6.45, 7) is 9.00. The van der Waals surface area contributed by atoms with Crippen LogP contribution in [0.5, 0.6) is 0 Å². The van der Waals surface area contributed by atoms with Crippen LogP contribution in [0.2, 0.25) is 0 Å². The highest BCUT2D eigenvalue weighted by molar-refractivity contribution is 5.69. The minimum absolute atomic E-state index is 0.0472. The van der Waals surface area contributed by atoms with Gasteiger partial charge in [-0.05, 0) is 13.3 Å². The quantitative estimate of drug-likeness (QED) is 0.382. The molecule has 0 aromatic heterocycles. The van der Waals surface area contributed by atoms with Crippen molar-refractivity contribution in [2.45, 2.75) is 91.9 Å². The molecule has 0 aromatic rings. The van der Waals surface area contributed by atoms with Gasteiger partial charge in [0.15, 0.2) is 0 Å². The van der Waals surface area contributed by atoms with E-state index in [4.69, 9.17) is 4.74 Å². The number of carbonyl (C=O) groups is 1. The molecular formula is C16H34O2. The van der Waals surface area contributed by atoms with Crippen molar-refractivity contribution < 1.29 is 9.53 Å². The fourth-order valence-corrected chi connectivity index (χ4v) is 1.61. The molecule has 0 aliphatic carbocycles. The third-order valence-corrected chi connectivity index (χ3v) is 2.75. The normalized spacial score (nSPS) is 9.56. The standard InChI is InChI=1S/C10H20O2.C6H14/c1-3-5-6-7-8-9-10(11)12-4-2;1-3-5-6-4-2/h3-9H2,1-2H3;3-6H2,1-2H3. The van der Waals surface area contributed by atoms with E-state index < -0.39 is 0 Å². The molecule has 18 heavy (non-hydrogen) atoms. The lowest BCUT2D eigenvalue weighted by Crippen LogP contribution is -2.02. The molecular weight excluding hydrogens is 224 g/mol. The van der Waals surface area contributed by atoms with Crippen LogP contribution < -0.4 is 0 Å². The van der Waals surface area contributed by atoms with Crippen molar-refractivity contribution in [2.24, 2.45) is 0 Å². The van der Waals surface area contributed by atoms with E-state index in [2.05, 4.69) is 20.8 Å². The zero-order valence-corrected chi connectivity index (χ0v) is 13.1. The largest absolute Gasteiger partial charge is 0.466 e. The summed E-state index contributed by atoms with van der Waals surface area (Å²) in [4.78, 5) is 10.9. The SMILES string of the molecule is CCCCCC.CCCCCCCC(=O)OCC. The van der Waals surface area contributed by atoms with Gasteiger partial charge in [0.2, 0.25) is 0 Å². The Morgan fingerprint density at radius 3 is 1.61 bits per heavy atom. The van der Waals surface area contributed by atoms with Crippen molar-refractivity contribution in [2.75, 3.05) is 6.61 Å². The first-order valence-electron chi connectivity index (χ1n) is 7.88. The van der Waals surface area contributed by atoms with Crippen LogP contribution in [-0.2, 0) is 9.53 Å². The van der Waals surface area contributed by atoms with Gasteiger partial charge < -0.3 is 4.74 Å².